The molecule has 4 rings (SSSR count). The third-order valence-corrected chi connectivity index (χ3v) is 5.25. The summed E-state index contributed by atoms with van der Waals surface area (Å²) in [5, 5.41) is 19.4. The van der Waals surface area contributed by atoms with E-state index in [1.165, 1.54) is 19.1 Å². The van der Waals surface area contributed by atoms with Crippen LogP contribution in [0.3, 0.4) is 0 Å². The molecule has 1 fully saturated rings. The second-order valence-electron chi connectivity index (χ2n) is 7.58. The number of nitrogens with one attached hydrogen (secondary N) is 1. The number of anilines is 1. The van der Waals surface area contributed by atoms with Gasteiger partial charge in [0.25, 0.3) is 6.43 Å². The van der Waals surface area contributed by atoms with Crippen LogP contribution in [0, 0.1) is 6.92 Å². The molecule has 3 heterocycles. The van der Waals surface area contributed by atoms with Gasteiger partial charge in [-0.2, -0.15) is 0 Å². The van der Waals surface area contributed by atoms with E-state index >= 15 is 0 Å². The molecule has 0 aliphatic carbocycles. The molecule has 32 heavy (non-hydrogen) atoms. The lowest BCUT2D eigenvalue weighted by Crippen LogP contribution is -2.35. The monoisotopic (exact) mass is 443 g/mol. The van der Waals surface area contributed by atoms with Gasteiger partial charge in [0.15, 0.2) is 5.82 Å². The van der Waals surface area contributed by atoms with Crippen molar-refractivity contribution in [2.75, 3.05) is 18.0 Å². The van der Waals surface area contributed by atoms with E-state index in [1.54, 1.807) is 29.8 Å². The van der Waals surface area contributed by atoms with Crippen molar-refractivity contribution in [3.8, 4) is 11.6 Å². The first kappa shape index (κ1) is 21.6. The summed E-state index contributed by atoms with van der Waals surface area (Å²) in [4.78, 5) is 13.3. The molecule has 1 N–H and O–H groups in total. The van der Waals surface area contributed by atoms with E-state index in [9.17, 15) is 13.6 Å². The molecule has 2 aromatic heterocycles. The fourth-order valence-electron chi connectivity index (χ4n) is 3.59. The molecule has 0 bridgehead atoms. The van der Waals surface area contributed by atoms with Gasteiger partial charge in [-0.05, 0) is 31.5 Å². The number of alkyl halides is 2. The Hall–Kier alpha value is -3.63. The van der Waals surface area contributed by atoms with E-state index in [1.807, 2.05) is 6.07 Å². The number of amides is 1. The van der Waals surface area contributed by atoms with Gasteiger partial charge < -0.3 is 15.0 Å². The highest BCUT2D eigenvalue weighted by Crippen LogP contribution is 2.22. The molecule has 1 atom stereocenters. The van der Waals surface area contributed by atoms with Crippen molar-refractivity contribution in [2.45, 2.75) is 39.3 Å². The first-order valence-corrected chi connectivity index (χ1v) is 10.2. The fourth-order valence-corrected chi connectivity index (χ4v) is 3.59. The van der Waals surface area contributed by atoms with Crippen LogP contribution in [-0.2, 0) is 11.4 Å². The van der Waals surface area contributed by atoms with Crippen LogP contribution in [0.4, 0.5) is 14.6 Å². The number of nitrogens with zero attached hydrogens (tertiary/aromatic N) is 6. The van der Waals surface area contributed by atoms with E-state index in [0.29, 0.717) is 35.3 Å². The van der Waals surface area contributed by atoms with Crippen molar-refractivity contribution in [1.82, 2.24) is 30.5 Å². The van der Waals surface area contributed by atoms with Crippen LogP contribution in [0.5, 0.6) is 5.88 Å². The van der Waals surface area contributed by atoms with Gasteiger partial charge in [0.1, 0.15) is 12.3 Å². The van der Waals surface area contributed by atoms with Gasteiger partial charge in [0.2, 0.25) is 11.8 Å². The molecular formula is C21H23F2N7O2. The molecule has 11 heteroatoms. The van der Waals surface area contributed by atoms with Crippen molar-refractivity contribution in [3.63, 3.8) is 0 Å². The smallest absolute Gasteiger partial charge is 0.263 e. The highest BCUT2D eigenvalue weighted by atomic mass is 19.3. The van der Waals surface area contributed by atoms with Gasteiger partial charge in [-0.15, -0.1) is 15.3 Å². The number of rotatable bonds is 7. The molecule has 1 aliphatic rings. The van der Waals surface area contributed by atoms with Crippen LogP contribution in [0.2, 0.25) is 0 Å². The van der Waals surface area contributed by atoms with E-state index in [2.05, 4.69) is 30.7 Å². The van der Waals surface area contributed by atoms with Crippen molar-refractivity contribution in [3.05, 3.63) is 53.3 Å². The Morgan fingerprint density at radius 1 is 1.19 bits per heavy atom. The molecule has 1 aromatic carbocycles. The zero-order chi connectivity index (χ0) is 22.7. The minimum Gasteiger partial charge on any atom is -0.470 e. The minimum absolute atomic E-state index is 0.0410. The number of benzene rings is 1. The maximum Gasteiger partial charge on any atom is 0.263 e. The Kier molecular flexibility index (Phi) is 6.24. The second-order valence-corrected chi connectivity index (χ2v) is 7.58. The van der Waals surface area contributed by atoms with Crippen LogP contribution in [0.1, 0.15) is 36.7 Å². The summed E-state index contributed by atoms with van der Waals surface area (Å²) >= 11 is 0. The lowest BCUT2D eigenvalue weighted by molar-refractivity contribution is -0.119. The Bertz CT molecular complexity index is 1070. The van der Waals surface area contributed by atoms with Crippen LogP contribution in [0.15, 0.2) is 36.4 Å². The summed E-state index contributed by atoms with van der Waals surface area (Å²) in [6.07, 6.45) is -1.67. The molecule has 168 valence electrons. The minimum atomic E-state index is -2.53. The number of aromatic nitrogens is 5. The fraction of sp³-hybridized carbons (Fsp3) is 0.381. The lowest BCUT2D eigenvalue weighted by atomic mass is 10.2. The average molecular weight is 443 g/mol. The maximum atomic E-state index is 12.8. The normalized spacial score (nSPS) is 15.9. The van der Waals surface area contributed by atoms with Gasteiger partial charge in [-0.3, -0.25) is 4.79 Å². The third-order valence-electron chi connectivity index (χ3n) is 5.25. The molecule has 9 nitrogen and oxygen atoms in total. The number of ether oxygens (including phenoxy) is 1. The molecule has 0 saturated carbocycles. The van der Waals surface area contributed by atoms with Gasteiger partial charge in [0.05, 0.1) is 11.4 Å². The van der Waals surface area contributed by atoms with Crippen LogP contribution >= 0.6 is 0 Å². The van der Waals surface area contributed by atoms with E-state index < -0.39 is 6.43 Å². The number of halogens is 2. The predicted molar refractivity (Wildman–Crippen MR) is 112 cm³/mol. The summed E-state index contributed by atoms with van der Waals surface area (Å²) in [5.41, 5.74) is 1.89. The molecule has 1 aliphatic heterocycles. The standard InChI is InChI=1S/C21H23F2N7O2/c1-13-18(30(28-25-13)17-5-3-15(4-6-17)21(22)23)12-32-20-8-7-19(26-27-20)29-10-9-16(11-29)24-14(2)31/h3-8,16,21H,9-12H2,1-2H3,(H,24,31). The quantitative estimate of drug-likeness (QED) is 0.599. The Balaban J connectivity index is 1.40. The van der Waals surface area contributed by atoms with Gasteiger partial charge in [-0.1, -0.05) is 17.3 Å². The predicted octanol–water partition coefficient (Wildman–Crippen LogP) is 2.60. The van der Waals surface area contributed by atoms with E-state index in [4.69, 9.17) is 4.74 Å². The molecule has 0 spiro atoms. The summed E-state index contributed by atoms with van der Waals surface area (Å²) in [6, 6.07) is 9.52. The zero-order valence-corrected chi connectivity index (χ0v) is 17.7. The van der Waals surface area contributed by atoms with Crippen molar-refractivity contribution in [2.24, 2.45) is 0 Å². The third kappa shape index (κ3) is 4.82. The molecular weight excluding hydrogens is 420 g/mol. The van der Waals surface area contributed by atoms with E-state index in [-0.39, 0.29) is 24.1 Å². The van der Waals surface area contributed by atoms with Crippen molar-refractivity contribution < 1.29 is 18.3 Å². The molecule has 0 radical (unpaired) electrons. The van der Waals surface area contributed by atoms with Crippen LogP contribution < -0.4 is 15.0 Å². The molecule has 3 aromatic rings. The number of hydrogen-bond donors (Lipinski definition) is 1. The average Bonchev–Trinajstić information content (AvgIpc) is 3.39. The van der Waals surface area contributed by atoms with Gasteiger partial charge >= 0.3 is 0 Å². The van der Waals surface area contributed by atoms with Gasteiger partial charge in [-0.25, -0.2) is 13.5 Å². The number of carbonyl (C=O) groups excluding carboxylic acids is 1. The Morgan fingerprint density at radius 3 is 2.62 bits per heavy atom. The topological polar surface area (TPSA) is 98.1 Å². The Morgan fingerprint density at radius 2 is 1.97 bits per heavy atom. The summed E-state index contributed by atoms with van der Waals surface area (Å²) in [5.74, 6) is 1.01. The first-order chi connectivity index (χ1) is 15.4. The highest BCUT2D eigenvalue weighted by molar-refractivity contribution is 5.73. The maximum absolute atomic E-state index is 12.8. The SMILES string of the molecule is CC(=O)NC1CCN(c2ccc(OCc3c(C)nnn3-c3ccc(C(F)F)cc3)nn2)C1. The second kappa shape index (κ2) is 9.25. The first-order valence-electron chi connectivity index (χ1n) is 10.2. The van der Waals surface area contributed by atoms with Crippen molar-refractivity contribution >= 4 is 11.7 Å². The number of hydrogen-bond acceptors (Lipinski definition) is 7. The van der Waals surface area contributed by atoms with Crippen LogP contribution in [0.25, 0.3) is 5.69 Å². The van der Waals surface area contributed by atoms with Crippen LogP contribution in [-0.4, -0.2) is 50.2 Å². The van der Waals surface area contributed by atoms with E-state index in [0.717, 1.165) is 13.0 Å². The largest absolute Gasteiger partial charge is 0.470 e. The van der Waals surface area contributed by atoms with Gasteiger partial charge in [0, 0.05) is 37.7 Å². The molecule has 1 saturated heterocycles. The molecule has 1 unspecified atom stereocenters. The summed E-state index contributed by atoms with van der Waals surface area (Å²) in [7, 11) is 0. The number of aryl methyl sites for hydroxylation is 1. The highest BCUT2D eigenvalue weighted by Gasteiger charge is 2.24. The summed E-state index contributed by atoms with van der Waals surface area (Å²) in [6.45, 7) is 4.91. The lowest BCUT2D eigenvalue weighted by Gasteiger charge is -2.17. The van der Waals surface area contributed by atoms with Crippen molar-refractivity contribution in [1.29, 1.82) is 0 Å². The Labute approximate surface area is 183 Å². The number of carbonyl (C=O) groups is 1. The summed E-state index contributed by atoms with van der Waals surface area (Å²) < 4.78 is 32.9. The molecule has 1 amide bonds. The zero-order valence-electron chi connectivity index (χ0n) is 17.7.